The van der Waals surface area contributed by atoms with Crippen molar-refractivity contribution in [3.8, 4) is 5.75 Å². The fourth-order valence-electron chi connectivity index (χ4n) is 8.04. The van der Waals surface area contributed by atoms with Gasteiger partial charge in [-0.2, -0.15) is 13.2 Å². The Kier molecular flexibility index (Phi) is 8.99. The summed E-state index contributed by atoms with van der Waals surface area (Å²) in [6.45, 7) is 3.65. The summed E-state index contributed by atoms with van der Waals surface area (Å²) in [6, 6.07) is 11.3. The molecular formula is C35H43F4N3O4. The van der Waals surface area contributed by atoms with Crippen LogP contribution in [0.1, 0.15) is 74.0 Å². The molecule has 1 aliphatic carbocycles. The molecule has 1 saturated carbocycles. The zero-order chi connectivity index (χ0) is 32.8. The monoisotopic (exact) mass is 645 g/mol. The van der Waals surface area contributed by atoms with Gasteiger partial charge in [-0.15, -0.1) is 0 Å². The lowest BCUT2D eigenvalue weighted by atomic mass is 9.84. The van der Waals surface area contributed by atoms with Crippen LogP contribution in [0.3, 0.4) is 0 Å². The van der Waals surface area contributed by atoms with E-state index in [4.69, 9.17) is 4.74 Å². The predicted octanol–water partition coefficient (Wildman–Crippen LogP) is 6.33. The molecule has 0 aromatic heterocycles. The van der Waals surface area contributed by atoms with Gasteiger partial charge >= 0.3 is 12.1 Å². The summed E-state index contributed by atoms with van der Waals surface area (Å²) in [5.74, 6) is -2.32. The van der Waals surface area contributed by atoms with Crippen molar-refractivity contribution in [2.24, 2.45) is 11.8 Å². The van der Waals surface area contributed by atoms with Gasteiger partial charge in [-0.05, 0) is 67.0 Å². The first-order valence-corrected chi connectivity index (χ1v) is 16.5. The van der Waals surface area contributed by atoms with Crippen molar-refractivity contribution in [3.05, 3.63) is 59.2 Å². The summed E-state index contributed by atoms with van der Waals surface area (Å²) in [4.78, 5) is 31.5. The van der Waals surface area contributed by atoms with Gasteiger partial charge in [0, 0.05) is 62.8 Å². The van der Waals surface area contributed by atoms with E-state index in [9.17, 15) is 27.9 Å². The number of alkyl halides is 4. The molecule has 3 heterocycles. The summed E-state index contributed by atoms with van der Waals surface area (Å²) >= 11 is 0. The largest absolute Gasteiger partial charge is 0.497 e. The van der Waals surface area contributed by atoms with Gasteiger partial charge in [0.25, 0.3) is 5.91 Å². The van der Waals surface area contributed by atoms with Gasteiger partial charge in [-0.1, -0.05) is 38.0 Å². The first kappa shape index (κ1) is 32.6. The van der Waals surface area contributed by atoms with Crippen LogP contribution in [-0.4, -0.2) is 84.9 Å². The molecule has 3 saturated heterocycles. The zero-order valence-electron chi connectivity index (χ0n) is 26.4. The topological polar surface area (TPSA) is 73.3 Å². The van der Waals surface area contributed by atoms with Crippen LogP contribution < -0.4 is 9.64 Å². The lowest BCUT2D eigenvalue weighted by molar-refractivity contribution is -0.143. The molecule has 0 bridgehead atoms. The molecule has 0 unspecified atom stereocenters. The number of benzene rings is 2. The number of carbonyl (C=O) groups is 2. The molecular weight excluding hydrogens is 602 g/mol. The maximum absolute atomic E-state index is 17.4. The molecule has 6 rings (SSSR count). The minimum atomic E-state index is -4.54. The number of nitrogens with zero attached hydrogens (tertiary/aromatic N) is 3. The van der Waals surface area contributed by atoms with E-state index in [1.54, 1.807) is 24.1 Å². The van der Waals surface area contributed by atoms with E-state index in [1.807, 2.05) is 24.0 Å². The van der Waals surface area contributed by atoms with Crippen LogP contribution in [0.2, 0.25) is 0 Å². The van der Waals surface area contributed by atoms with E-state index in [2.05, 4.69) is 4.90 Å². The molecule has 46 heavy (non-hydrogen) atoms. The SMILES string of the molecule is CC[C@H]1CN(C(=O)[C@]2(F)CN(C3CCC3)C[C@H]2c2ccc(OC)cc2)C[C@@H]1c1ccc(C(F)(F)F)cc1N1CCC(C(=O)O)CC1. The number of hydrogen-bond acceptors (Lipinski definition) is 5. The molecule has 2 aromatic carbocycles. The molecule has 4 atom stereocenters. The third-order valence-corrected chi connectivity index (χ3v) is 11.1. The molecule has 0 radical (unpaired) electrons. The van der Waals surface area contributed by atoms with Gasteiger partial charge in [-0.3, -0.25) is 14.5 Å². The Morgan fingerprint density at radius 3 is 2.26 bits per heavy atom. The van der Waals surface area contributed by atoms with Crippen LogP contribution in [-0.2, 0) is 15.8 Å². The van der Waals surface area contributed by atoms with E-state index < -0.39 is 41.1 Å². The number of ether oxygens (including phenoxy) is 1. The molecule has 4 aliphatic rings. The van der Waals surface area contributed by atoms with E-state index in [-0.39, 0.29) is 31.0 Å². The number of halogens is 4. The Hall–Kier alpha value is -3.34. The van der Waals surface area contributed by atoms with Gasteiger partial charge in [0.05, 0.1) is 18.6 Å². The number of carboxylic acid groups (broad SMARTS) is 1. The molecule has 0 spiro atoms. The van der Waals surface area contributed by atoms with E-state index in [0.29, 0.717) is 62.4 Å². The van der Waals surface area contributed by atoms with Gasteiger partial charge in [0.2, 0.25) is 5.67 Å². The molecule has 1 N–H and O–H groups in total. The summed E-state index contributed by atoms with van der Waals surface area (Å²) in [6.07, 6.45) is -0.117. The van der Waals surface area contributed by atoms with Crippen molar-refractivity contribution in [2.45, 2.75) is 75.2 Å². The Morgan fingerprint density at radius 2 is 1.70 bits per heavy atom. The molecule has 3 aliphatic heterocycles. The van der Waals surface area contributed by atoms with Crippen molar-refractivity contribution in [3.63, 3.8) is 0 Å². The maximum Gasteiger partial charge on any atom is 0.416 e. The van der Waals surface area contributed by atoms with Crippen molar-refractivity contribution < 1.29 is 37.0 Å². The van der Waals surface area contributed by atoms with Crippen LogP contribution >= 0.6 is 0 Å². The number of carbonyl (C=O) groups excluding carboxylic acids is 1. The van der Waals surface area contributed by atoms with Crippen molar-refractivity contribution in [2.75, 3.05) is 51.3 Å². The molecule has 1 amide bonds. The standard InChI is InChI=1S/C35H43F4N3O4/c1-3-22-18-41(33(45)34(36)21-42(26-5-4-6-26)20-30(34)23-7-10-27(46-2)11-8-23)19-29(22)28-12-9-25(35(37,38)39)17-31(28)40-15-13-24(14-16-40)32(43)44/h7-12,17,22,24,26,29-30H,3-6,13-16,18-21H2,1-2H3,(H,43,44)/t22-,29-,30-,34-/m0/s1. The highest BCUT2D eigenvalue weighted by Gasteiger charge is 2.57. The molecule has 7 nitrogen and oxygen atoms in total. The number of carboxylic acids is 1. The van der Waals surface area contributed by atoms with Crippen LogP contribution in [0, 0.1) is 11.8 Å². The summed E-state index contributed by atoms with van der Waals surface area (Å²) in [5.41, 5.74) is -1.03. The Labute approximate surface area is 267 Å². The van der Waals surface area contributed by atoms with Gasteiger partial charge < -0.3 is 19.6 Å². The first-order valence-electron chi connectivity index (χ1n) is 16.5. The normalized spacial score (nSPS) is 28.0. The van der Waals surface area contributed by atoms with Crippen LogP contribution in [0.4, 0.5) is 23.2 Å². The van der Waals surface area contributed by atoms with Crippen LogP contribution in [0.15, 0.2) is 42.5 Å². The fraction of sp³-hybridized carbons (Fsp3) is 0.600. The smallest absolute Gasteiger partial charge is 0.416 e. The maximum atomic E-state index is 17.4. The highest BCUT2D eigenvalue weighted by molar-refractivity contribution is 5.88. The van der Waals surface area contributed by atoms with Crippen molar-refractivity contribution in [1.29, 1.82) is 0 Å². The van der Waals surface area contributed by atoms with Crippen molar-refractivity contribution >= 4 is 17.6 Å². The summed E-state index contributed by atoms with van der Waals surface area (Å²) < 4.78 is 64.4. The molecule has 2 aromatic rings. The summed E-state index contributed by atoms with van der Waals surface area (Å²) in [7, 11) is 1.57. The van der Waals surface area contributed by atoms with Crippen LogP contribution in [0.5, 0.6) is 5.75 Å². The number of rotatable bonds is 8. The second-order valence-corrected chi connectivity index (χ2v) is 13.6. The number of methoxy groups -OCH3 is 1. The third kappa shape index (κ3) is 6.07. The zero-order valence-corrected chi connectivity index (χ0v) is 26.4. The minimum absolute atomic E-state index is 0.0230. The van der Waals surface area contributed by atoms with E-state index in [1.165, 1.54) is 6.07 Å². The van der Waals surface area contributed by atoms with Gasteiger partial charge in [-0.25, -0.2) is 4.39 Å². The average Bonchev–Trinajstić information content (AvgIpc) is 3.61. The predicted molar refractivity (Wildman–Crippen MR) is 166 cm³/mol. The minimum Gasteiger partial charge on any atom is -0.497 e. The van der Waals surface area contributed by atoms with Gasteiger partial charge in [0.1, 0.15) is 5.75 Å². The van der Waals surface area contributed by atoms with E-state index in [0.717, 1.165) is 37.0 Å². The second kappa shape index (κ2) is 12.7. The van der Waals surface area contributed by atoms with Crippen molar-refractivity contribution in [1.82, 2.24) is 9.80 Å². The highest BCUT2D eigenvalue weighted by atomic mass is 19.4. The quantitative estimate of drug-likeness (QED) is 0.339. The summed E-state index contributed by atoms with van der Waals surface area (Å²) in [5, 5.41) is 9.47. The van der Waals surface area contributed by atoms with Gasteiger partial charge in [0.15, 0.2) is 0 Å². The lowest BCUT2D eigenvalue weighted by Gasteiger charge is -2.35. The molecule has 11 heteroatoms. The Morgan fingerprint density at radius 1 is 1.00 bits per heavy atom. The number of amides is 1. The third-order valence-electron chi connectivity index (χ3n) is 11.1. The van der Waals surface area contributed by atoms with E-state index >= 15 is 4.39 Å². The average molecular weight is 646 g/mol. The molecule has 250 valence electrons. The molecule has 4 fully saturated rings. The second-order valence-electron chi connectivity index (χ2n) is 13.6. The number of piperidine rings is 1. The first-order chi connectivity index (χ1) is 21.9. The number of hydrogen-bond donors (Lipinski definition) is 1. The Bertz CT molecular complexity index is 1420. The number of aliphatic carboxylic acids is 1. The highest BCUT2D eigenvalue weighted by Crippen LogP contribution is 2.47. The lowest BCUT2D eigenvalue weighted by Crippen LogP contribution is -2.50. The fourth-order valence-corrected chi connectivity index (χ4v) is 8.04. The number of anilines is 1. The van der Waals surface area contributed by atoms with Crippen LogP contribution in [0.25, 0.3) is 0 Å². The Balaban J connectivity index is 1.29. The number of likely N-dealkylation sites (tertiary alicyclic amines) is 2.